The van der Waals surface area contributed by atoms with Crippen LogP contribution in [0.2, 0.25) is 10.2 Å². The Balaban J connectivity index is 2.75. The Labute approximate surface area is 107 Å². The SMILES string of the molecule is COc1cc2cc(C(=O)O)c(Cl)nc2cc1Cl. The van der Waals surface area contributed by atoms with Crippen LogP contribution in [0.3, 0.4) is 0 Å². The topological polar surface area (TPSA) is 59.4 Å². The quantitative estimate of drug-likeness (QED) is 0.852. The van der Waals surface area contributed by atoms with Crippen molar-refractivity contribution in [2.45, 2.75) is 0 Å². The van der Waals surface area contributed by atoms with E-state index in [1.54, 1.807) is 12.1 Å². The summed E-state index contributed by atoms with van der Waals surface area (Å²) < 4.78 is 5.04. The summed E-state index contributed by atoms with van der Waals surface area (Å²) in [6, 6.07) is 4.63. The minimum absolute atomic E-state index is 0.0523. The molecule has 2 aromatic rings. The van der Waals surface area contributed by atoms with Crippen molar-refractivity contribution in [3.63, 3.8) is 0 Å². The van der Waals surface area contributed by atoms with Gasteiger partial charge in [-0.2, -0.15) is 0 Å². The first-order valence-corrected chi connectivity index (χ1v) is 5.35. The third-order valence-corrected chi connectivity index (χ3v) is 2.86. The molecule has 0 aliphatic carbocycles. The Kier molecular flexibility index (Phi) is 3.09. The van der Waals surface area contributed by atoms with Crippen LogP contribution in [-0.2, 0) is 0 Å². The van der Waals surface area contributed by atoms with Crippen molar-refractivity contribution in [3.05, 3.63) is 33.9 Å². The van der Waals surface area contributed by atoms with Crippen molar-refractivity contribution in [2.75, 3.05) is 7.11 Å². The predicted molar refractivity (Wildman–Crippen MR) is 65.3 cm³/mol. The van der Waals surface area contributed by atoms with E-state index in [9.17, 15) is 4.79 Å². The second-order valence-corrected chi connectivity index (χ2v) is 4.08. The van der Waals surface area contributed by atoms with Gasteiger partial charge in [0.05, 0.1) is 23.2 Å². The van der Waals surface area contributed by atoms with Crippen molar-refractivity contribution in [3.8, 4) is 5.75 Å². The molecule has 4 nitrogen and oxygen atoms in total. The molecule has 88 valence electrons. The molecule has 6 heteroatoms. The number of carboxylic acid groups (broad SMARTS) is 1. The highest BCUT2D eigenvalue weighted by molar-refractivity contribution is 6.34. The molecule has 0 aliphatic heterocycles. The second kappa shape index (κ2) is 4.39. The zero-order valence-electron chi connectivity index (χ0n) is 8.70. The first kappa shape index (κ1) is 12.0. The van der Waals surface area contributed by atoms with Crippen molar-refractivity contribution in [1.29, 1.82) is 0 Å². The molecule has 17 heavy (non-hydrogen) atoms. The van der Waals surface area contributed by atoms with Gasteiger partial charge < -0.3 is 9.84 Å². The Morgan fingerprint density at radius 1 is 1.35 bits per heavy atom. The van der Waals surface area contributed by atoms with Crippen LogP contribution in [-0.4, -0.2) is 23.2 Å². The van der Waals surface area contributed by atoms with Crippen molar-refractivity contribution >= 4 is 40.1 Å². The minimum Gasteiger partial charge on any atom is -0.495 e. The average molecular weight is 272 g/mol. The van der Waals surface area contributed by atoms with E-state index in [0.717, 1.165) is 0 Å². The van der Waals surface area contributed by atoms with E-state index in [1.165, 1.54) is 13.2 Å². The van der Waals surface area contributed by atoms with Crippen LogP contribution in [0.1, 0.15) is 10.4 Å². The molecular weight excluding hydrogens is 265 g/mol. The third-order valence-electron chi connectivity index (χ3n) is 2.27. The number of aromatic nitrogens is 1. The van der Waals surface area contributed by atoms with Gasteiger partial charge in [0.1, 0.15) is 10.9 Å². The van der Waals surface area contributed by atoms with Gasteiger partial charge in [-0.1, -0.05) is 23.2 Å². The zero-order valence-corrected chi connectivity index (χ0v) is 10.2. The fraction of sp³-hybridized carbons (Fsp3) is 0.0909. The molecule has 1 aromatic heterocycles. The van der Waals surface area contributed by atoms with Crippen LogP contribution in [0.15, 0.2) is 18.2 Å². The zero-order chi connectivity index (χ0) is 12.6. The summed E-state index contributed by atoms with van der Waals surface area (Å²) in [6.45, 7) is 0. The molecule has 1 N–H and O–H groups in total. The number of pyridine rings is 1. The summed E-state index contributed by atoms with van der Waals surface area (Å²) in [5.41, 5.74) is 0.467. The van der Waals surface area contributed by atoms with Gasteiger partial charge in [0.15, 0.2) is 0 Å². The first-order chi connectivity index (χ1) is 8.02. The standard InChI is InChI=1S/C11H7Cl2NO3/c1-17-9-3-5-2-6(11(15)16)10(13)14-8(5)4-7(9)12/h2-4H,1H3,(H,15,16). The largest absolute Gasteiger partial charge is 0.495 e. The molecule has 0 fully saturated rings. The molecule has 0 amide bonds. The van der Waals surface area contributed by atoms with E-state index in [-0.39, 0.29) is 10.7 Å². The summed E-state index contributed by atoms with van der Waals surface area (Å²) in [7, 11) is 1.48. The highest BCUT2D eigenvalue weighted by atomic mass is 35.5. The van der Waals surface area contributed by atoms with Crippen molar-refractivity contribution in [1.82, 2.24) is 4.98 Å². The van der Waals surface area contributed by atoms with Crippen molar-refractivity contribution in [2.24, 2.45) is 0 Å². The van der Waals surface area contributed by atoms with Gasteiger partial charge in [-0.15, -0.1) is 0 Å². The van der Waals surface area contributed by atoms with Crippen LogP contribution in [0.25, 0.3) is 10.9 Å². The van der Waals surface area contributed by atoms with Crippen LogP contribution >= 0.6 is 23.2 Å². The summed E-state index contributed by atoms with van der Waals surface area (Å²) in [4.78, 5) is 14.9. The second-order valence-electron chi connectivity index (χ2n) is 3.31. The number of carbonyl (C=O) groups is 1. The highest BCUT2D eigenvalue weighted by Crippen LogP contribution is 2.30. The first-order valence-electron chi connectivity index (χ1n) is 4.60. The number of nitrogens with zero attached hydrogens (tertiary/aromatic N) is 1. The Morgan fingerprint density at radius 3 is 2.65 bits per heavy atom. The normalized spacial score (nSPS) is 10.5. The number of ether oxygens (including phenoxy) is 1. The maximum Gasteiger partial charge on any atom is 0.338 e. The maximum atomic E-state index is 10.9. The lowest BCUT2D eigenvalue weighted by Gasteiger charge is -2.06. The molecule has 0 radical (unpaired) electrons. The lowest BCUT2D eigenvalue weighted by Crippen LogP contribution is -1.99. The van der Waals surface area contributed by atoms with Crippen molar-refractivity contribution < 1.29 is 14.6 Å². The molecule has 0 bridgehead atoms. The van der Waals surface area contributed by atoms with Crippen LogP contribution in [0.4, 0.5) is 0 Å². The van der Waals surface area contributed by atoms with Gasteiger partial charge in [-0.05, 0) is 18.2 Å². The van der Waals surface area contributed by atoms with Gasteiger partial charge in [0.2, 0.25) is 0 Å². The molecular formula is C11H7Cl2NO3. The number of fused-ring (bicyclic) bond motifs is 1. The average Bonchev–Trinajstić information content (AvgIpc) is 2.27. The summed E-state index contributed by atoms with van der Waals surface area (Å²) >= 11 is 11.7. The molecule has 0 atom stereocenters. The molecule has 0 saturated heterocycles. The van der Waals surface area contributed by atoms with E-state index in [0.29, 0.717) is 21.7 Å². The third kappa shape index (κ3) is 2.14. The predicted octanol–water partition coefficient (Wildman–Crippen LogP) is 3.25. The smallest absolute Gasteiger partial charge is 0.338 e. The molecule has 1 heterocycles. The van der Waals surface area contributed by atoms with Gasteiger partial charge in [-0.3, -0.25) is 0 Å². The number of benzene rings is 1. The molecule has 0 spiro atoms. The van der Waals surface area contributed by atoms with Crippen LogP contribution < -0.4 is 4.74 Å². The number of aromatic carboxylic acids is 1. The van der Waals surface area contributed by atoms with Gasteiger partial charge in [0, 0.05) is 5.39 Å². The maximum absolute atomic E-state index is 10.9. The van der Waals surface area contributed by atoms with Gasteiger partial charge in [-0.25, -0.2) is 9.78 Å². The molecule has 0 unspecified atom stereocenters. The van der Waals surface area contributed by atoms with E-state index in [2.05, 4.69) is 4.98 Å². The van der Waals surface area contributed by atoms with Gasteiger partial charge >= 0.3 is 5.97 Å². The number of hydrogen-bond acceptors (Lipinski definition) is 3. The monoisotopic (exact) mass is 271 g/mol. The number of rotatable bonds is 2. The summed E-state index contributed by atoms with van der Waals surface area (Å²) in [5, 5.41) is 9.86. The number of halogens is 2. The highest BCUT2D eigenvalue weighted by Gasteiger charge is 2.13. The molecule has 0 saturated carbocycles. The lowest BCUT2D eigenvalue weighted by atomic mass is 10.1. The van der Waals surface area contributed by atoms with E-state index >= 15 is 0 Å². The van der Waals surface area contributed by atoms with Crippen LogP contribution in [0.5, 0.6) is 5.75 Å². The number of carboxylic acids is 1. The Morgan fingerprint density at radius 2 is 2.06 bits per heavy atom. The fourth-order valence-corrected chi connectivity index (χ4v) is 1.92. The Bertz CT molecular complexity index is 613. The van der Waals surface area contributed by atoms with E-state index in [1.807, 2.05) is 0 Å². The fourth-order valence-electron chi connectivity index (χ4n) is 1.46. The Hall–Kier alpha value is -1.52. The van der Waals surface area contributed by atoms with E-state index in [4.69, 9.17) is 33.0 Å². The van der Waals surface area contributed by atoms with Gasteiger partial charge in [0.25, 0.3) is 0 Å². The lowest BCUT2D eigenvalue weighted by molar-refractivity contribution is 0.0697. The minimum atomic E-state index is -1.13. The number of methoxy groups -OCH3 is 1. The molecule has 0 aliphatic rings. The summed E-state index contributed by atoms with van der Waals surface area (Å²) in [5.74, 6) is -0.669. The van der Waals surface area contributed by atoms with E-state index < -0.39 is 5.97 Å². The molecule has 2 rings (SSSR count). The number of hydrogen-bond donors (Lipinski definition) is 1. The molecule has 1 aromatic carbocycles. The summed E-state index contributed by atoms with van der Waals surface area (Å²) in [6.07, 6.45) is 0. The van der Waals surface area contributed by atoms with Crippen LogP contribution in [0, 0.1) is 0 Å².